The number of benzene rings is 1. The fourth-order valence-electron chi connectivity index (χ4n) is 2.48. The van der Waals surface area contributed by atoms with Crippen LogP contribution < -0.4 is 21.7 Å². The molecule has 0 spiro atoms. The standard InChI is InChI=1S/C18H17N5O5/c24-14(8-3-9-19-17(26)13-7-4-10-28-13)20-23-18(27)15-11-5-1-2-6-12(11)16(25)22-21-15/h1-2,4-7,10H,3,8-9H2,(H,19,26)(H,20,24)(H,22,25)(H,23,27). The Labute approximate surface area is 158 Å². The highest BCUT2D eigenvalue weighted by molar-refractivity contribution is 6.05. The third-order valence-electron chi connectivity index (χ3n) is 3.84. The maximum Gasteiger partial charge on any atom is 0.290 e. The lowest BCUT2D eigenvalue weighted by atomic mass is 10.1. The van der Waals surface area contributed by atoms with Gasteiger partial charge in [0.25, 0.3) is 17.4 Å². The van der Waals surface area contributed by atoms with Gasteiger partial charge in [0.15, 0.2) is 11.5 Å². The summed E-state index contributed by atoms with van der Waals surface area (Å²) in [6.07, 6.45) is 1.85. The number of fused-ring (bicyclic) bond motifs is 1. The van der Waals surface area contributed by atoms with Gasteiger partial charge in [0.1, 0.15) is 0 Å². The number of hydrogen-bond donors (Lipinski definition) is 4. The summed E-state index contributed by atoms with van der Waals surface area (Å²) in [5.41, 5.74) is 4.11. The molecule has 0 unspecified atom stereocenters. The molecule has 144 valence electrons. The van der Waals surface area contributed by atoms with Crippen LogP contribution in [0, 0.1) is 0 Å². The molecule has 2 heterocycles. The highest BCUT2D eigenvalue weighted by atomic mass is 16.3. The smallest absolute Gasteiger partial charge is 0.290 e. The SMILES string of the molecule is O=C(CCCNC(=O)c1ccco1)NNC(=O)c1n[nH]c(=O)c2ccccc12. The summed E-state index contributed by atoms with van der Waals surface area (Å²) in [4.78, 5) is 47.5. The summed E-state index contributed by atoms with van der Waals surface area (Å²) in [5.74, 6) is -1.27. The van der Waals surface area contributed by atoms with E-state index in [1.807, 2.05) is 0 Å². The van der Waals surface area contributed by atoms with Crippen LogP contribution in [0.5, 0.6) is 0 Å². The second kappa shape index (κ2) is 8.62. The Balaban J connectivity index is 1.46. The number of hydrogen-bond acceptors (Lipinski definition) is 6. The lowest BCUT2D eigenvalue weighted by molar-refractivity contribution is -0.121. The van der Waals surface area contributed by atoms with E-state index >= 15 is 0 Å². The first-order valence-electron chi connectivity index (χ1n) is 8.44. The molecule has 1 aromatic carbocycles. The van der Waals surface area contributed by atoms with Crippen molar-refractivity contribution in [3.8, 4) is 0 Å². The molecule has 0 radical (unpaired) electrons. The largest absolute Gasteiger partial charge is 0.459 e. The van der Waals surface area contributed by atoms with Gasteiger partial charge in [0.2, 0.25) is 5.91 Å². The van der Waals surface area contributed by atoms with Gasteiger partial charge >= 0.3 is 0 Å². The number of H-pyrrole nitrogens is 1. The second-order valence-electron chi connectivity index (χ2n) is 5.79. The molecule has 10 heteroatoms. The molecule has 4 N–H and O–H groups in total. The van der Waals surface area contributed by atoms with Crippen molar-refractivity contribution in [3.05, 3.63) is 64.5 Å². The minimum absolute atomic E-state index is 0.0128. The highest BCUT2D eigenvalue weighted by Crippen LogP contribution is 2.11. The van der Waals surface area contributed by atoms with Crippen LogP contribution in [0.2, 0.25) is 0 Å². The van der Waals surface area contributed by atoms with Gasteiger partial charge in [-0.1, -0.05) is 18.2 Å². The zero-order valence-electron chi connectivity index (χ0n) is 14.7. The van der Waals surface area contributed by atoms with Gasteiger partial charge < -0.3 is 9.73 Å². The lowest BCUT2D eigenvalue weighted by Crippen LogP contribution is -2.42. The van der Waals surface area contributed by atoms with Crippen molar-refractivity contribution < 1.29 is 18.8 Å². The molecule has 10 nitrogen and oxygen atoms in total. The van der Waals surface area contributed by atoms with E-state index in [1.165, 1.54) is 12.3 Å². The van der Waals surface area contributed by atoms with E-state index in [-0.39, 0.29) is 30.3 Å². The van der Waals surface area contributed by atoms with E-state index in [2.05, 4.69) is 26.4 Å². The summed E-state index contributed by atoms with van der Waals surface area (Å²) >= 11 is 0. The van der Waals surface area contributed by atoms with Gasteiger partial charge in [-0.15, -0.1) is 0 Å². The van der Waals surface area contributed by atoms with E-state index in [1.54, 1.807) is 30.3 Å². The summed E-state index contributed by atoms with van der Waals surface area (Å²) < 4.78 is 4.95. The minimum atomic E-state index is -0.660. The van der Waals surface area contributed by atoms with Crippen LogP contribution >= 0.6 is 0 Å². The van der Waals surface area contributed by atoms with E-state index in [9.17, 15) is 19.2 Å². The molecule has 0 saturated heterocycles. The first-order valence-corrected chi connectivity index (χ1v) is 8.44. The first-order chi connectivity index (χ1) is 13.6. The third kappa shape index (κ3) is 4.41. The molecule has 0 aliphatic carbocycles. The van der Waals surface area contributed by atoms with Crippen molar-refractivity contribution in [1.29, 1.82) is 0 Å². The Morgan fingerprint density at radius 2 is 1.79 bits per heavy atom. The molecule has 3 rings (SSSR count). The summed E-state index contributed by atoms with van der Waals surface area (Å²) in [7, 11) is 0. The molecule has 0 fully saturated rings. The van der Waals surface area contributed by atoms with Crippen molar-refractivity contribution in [2.24, 2.45) is 0 Å². The number of carbonyl (C=O) groups is 3. The Kier molecular flexibility index (Phi) is 5.80. The number of nitrogens with one attached hydrogen (secondary N) is 4. The van der Waals surface area contributed by atoms with Crippen LogP contribution in [-0.4, -0.2) is 34.5 Å². The number of nitrogens with zero attached hydrogens (tertiary/aromatic N) is 1. The predicted octanol–water partition coefficient (Wildman–Crippen LogP) is 0.487. The van der Waals surface area contributed by atoms with Crippen LogP contribution in [0.25, 0.3) is 10.8 Å². The Bertz CT molecular complexity index is 1060. The van der Waals surface area contributed by atoms with Gasteiger partial charge in [0, 0.05) is 18.4 Å². The van der Waals surface area contributed by atoms with Crippen molar-refractivity contribution in [1.82, 2.24) is 26.4 Å². The van der Waals surface area contributed by atoms with Crippen molar-refractivity contribution >= 4 is 28.5 Å². The van der Waals surface area contributed by atoms with Crippen molar-refractivity contribution in [3.63, 3.8) is 0 Å². The minimum Gasteiger partial charge on any atom is -0.459 e. The second-order valence-corrected chi connectivity index (χ2v) is 5.79. The summed E-state index contributed by atoms with van der Waals surface area (Å²) in [6, 6.07) is 9.65. The number of amides is 3. The van der Waals surface area contributed by atoms with Gasteiger partial charge in [-0.05, 0) is 24.6 Å². The summed E-state index contributed by atoms with van der Waals surface area (Å²) in [6.45, 7) is 0.271. The van der Waals surface area contributed by atoms with Gasteiger partial charge in [-0.3, -0.25) is 30.0 Å². The lowest BCUT2D eigenvalue weighted by Gasteiger charge is -2.08. The summed E-state index contributed by atoms with van der Waals surface area (Å²) in [5, 5.41) is 9.30. The zero-order chi connectivity index (χ0) is 19.9. The molecule has 0 aliphatic rings. The first kappa shape index (κ1) is 18.8. The molecule has 3 aromatic rings. The molecule has 0 aliphatic heterocycles. The van der Waals surface area contributed by atoms with Crippen molar-refractivity contribution in [2.45, 2.75) is 12.8 Å². The Morgan fingerprint density at radius 3 is 2.54 bits per heavy atom. The number of carbonyl (C=O) groups excluding carboxylic acids is 3. The molecular weight excluding hydrogens is 366 g/mol. The van der Waals surface area contributed by atoms with E-state index in [4.69, 9.17) is 4.42 Å². The average Bonchev–Trinajstić information content (AvgIpc) is 3.25. The van der Waals surface area contributed by atoms with Crippen LogP contribution in [-0.2, 0) is 4.79 Å². The van der Waals surface area contributed by atoms with Crippen LogP contribution in [0.3, 0.4) is 0 Å². The van der Waals surface area contributed by atoms with E-state index in [0.717, 1.165) is 0 Å². The fraction of sp³-hybridized carbons (Fsp3) is 0.167. The fourth-order valence-corrected chi connectivity index (χ4v) is 2.48. The molecule has 3 amide bonds. The molecule has 0 saturated carbocycles. The normalized spacial score (nSPS) is 10.4. The van der Waals surface area contributed by atoms with Crippen LogP contribution in [0.15, 0.2) is 51.9 Å². The monoisotopic (exact) mass is 383 g/mol. The molecular formula is C18H17N5O5. The number of furan rings is 1. The van der Waals surface area contributed by atoms with E-state index < -0.39 is 17.4 Å². The van der Waals surface area contributed by atoms with E-state index in [0.29, 0.717) is 17.2 Å². The topological polar surface area (TPSA) is 146 Å². The highest BCUT2D eigenvalue weighted by Gasteiger charge is 2.14. The predicted molar refractivity (Wildman–Crippen MR) is 98.2 cm³/mol. The molecule has 2 aromatic heterocycles. The number of rotatable bonds is 6. The molecule has 0 atom stereocenters. The van der Waals surface area contributed by atoms with Crippen LogP contribution in [0.4, 0.5) is 0 Å². The maximum absolute atomic E-state index is 12.2. The van der Waals surface area contributed by atoms with Crippen molar-refractivity contribution in [2.75, 3.05) is 6.54 Å². The quantitative estimate of drug-likeness (QED) is 0.360. The van der Waals surface area contributed by atoms with Gasteiger partial charge in [-0.2, -0.15) is 5.10 Å². The maximum atomic E-state index is 12.2. The van der Waals surface area contributed by atoms with Gasteiger partial charge in [0.05, 0.1) is 11.6 Å². The third-order valence-corrected chi connectivity index (χ3v) is 3.84. The number of aromatic amines is 1. The molecule has 0 bridgehead atoms. The Morgan fingerprint density at radius 1 is 1.00 bits per heavy atom. The van der Waals surface area contributed by atoms with Crippen LogP contribution in [0.1, 0.15) is 33.9 Å². The Hall–Kier alpha value is -3.95. The number of hydrazine groups is 1. The number of aromatic nitrogens is 2. The average molecular weight is 383 g/mol. The zero-order valence-corrected chi connectivity index (χ0v) is 14.7. The van der Waals surface area contributed by atoms with Gasteiger partial charge in [-0.25, -0.2) is 5.10 Å². The molecule has 28 heavy (non-hydrogen) atoms.